The number of sulfonamides is 1. The normalized spacial score (nSPS) is 11.4. The fourth-order valence-corrected chi connectivity index (χ4v) is 3.34. The first-order valence-corrected chi connectivity index (χ1v) is 9.53. The van der Waals surface area contributed by atoms with Crippen molar-refractivity contribution in [3.05, 3.63) is 59.9 Å². The van der Waals surface area contributed by atoms with E-state index in [-0.39, 0.29) is 22.5 Å². The minimum atomic E-state index is -3.81. The molecule has 0 heterocycles. The van der Waals surface area contributed by atoms with E-state index in [1.165, 1.54) is 48.5 Å². The van der Waals surface area contributed by atoms with Crippen LogP contribution < -0.4 is 10.0 Å². The lowest BCUT2D eigenvalue weighted by atomic mass is 10.1. The van der Waals surface area contributed by atoms with E-state index in [1.54, 1.807) is 0 Å². The number of rotatable bonds is 7. The van der Waals surface area contributed by atoms with Crippen LogP contribution in [0.3, 0.4) is 0 Å². The molecule has 0 unspecified atom stereocenters. The summed E-state index contributed by atoms with van der Waals surface area (Å²) in [7, 11) is -3.81. The highest BCUT2D eigenvalue weighted by molar-refractivity contribution is 7.92. The summed E-state index contributed by atoms with van der Waals surface area (Å²) in [5.74, 6) is -0.681. The van der Waals surface area contributed by atoms with Crippen LogP contribution in [-0.4, -0.2) is 20.4 Å². The second-order valence-corrected chi connectivity index (χ2v) is 7.31. The Morgan fingerprint density at radius 3 is 2.08 bits per heavy atom. The second kappa shape index (κ2) is 8.11. The number of nitrogens with one attached hydrogen (secondary N) is 2. The third-order valence-corrected chi connectivity index (χ3v) is 5.24. The molecule has 0 aliphatic rings. The van der Waals surface area contributed by atoms with Crippen molar-refractivity contribution in [2.75, 3.05) is 4.72 Å². The molecule has 0 aliphatic heterocycles. The molecule has 0 aromatic heterocycles. The molecule has 2 N–H and O–H groups in total. The van der Waals surface area contributed by atoms with Crippen molar-refractivity contribution in [2.45, 2.75) is 37.6 Å². The number of carbonyl (C=O) groups is 1. The van der Waals surface area contributed by atoms with Crippen molar-refractivity contribution in [1.29, 1.82) is 0 Å². The predicted octanol–water partition coefficient (Wildman–Crippen LogP) is 3.54. The van der Waals surface area contributed by atoms with Crippen LogP contribution in [0, 0.1) is 5.82 Å². The molecule has 2 aromatic rings. The monoisotopic (exact) mass is 364 g/mol. The standard InChI is InChI=1S/C18H21FN2O3S/c1-3-15(4-2)20-18(22)13-5-11-17(12-6-13)25(23,24)21-16-9-7-14(19)8-10-16/h5-12,15,21H,3-4H2,1-2H3,(H,20,22). The van der Waals surface area contributed by atoms with Gasteiger partial charge in [0, 0.05) is 17.3 Å². The number of amides is 1. The molecule has 0 atom stereocenters. The predicted molar refractivity (Wildman–Crippen MR) is 95.5 cm³/mol. The van der Waals surface area contributed by atoms with Gasteiger partial charge in [0.15, 0.2) is 0 Å². The van der Waals surface area contributed by atoms with Gasteiger partial charge in [-0.15, -0.1) is 0 Å². The zero-order valence-corrected chi connectivity index (χ0v) is 14.9. The largest absolute Gasteiger partial charge is 0.349 e. The maximum absolute atomic E-state index is 12.9. The molecule has 7 heteroatoms. The van der Waals surface area contributed by atoms with Gasteiger partial charge in [0.05, 0.1) is 4.90 Å². The van der Waals surface area contributed by atoms with Crippen molar-refractivity contribution in [1.82, 2.24) is 5.32 Å². The second-order valence-electron chi connectivity index (χ2n) is 5.62. The summed E-state index contributed by atoms with van der Waals surface area (Å²) in [6.07, 6.45) is 1.66. The summed E-state index contributed by atoms with van der Waals surface area (Å²) < 4.78 is 39.9. The Kier molecular flexibility index (Phi) is 6.14. The van der Waals surface area contributed by atoms with E-state index in [0.717, 1.165) is 12.8 Å². The number of benzene rings is 2. The minimum Gasteiger partial charge on any atom is -0.349 e. The lowest BCUT2D eigenvalue weighted by molar-refractivity contribution is 0.0934. The Morgan fingerprint density at radius 1 is 1.00 bits per heavy atom. The SMILES string of the molecule is CCC(CC)NC(=O)c1ccc(S(=O)(=O)Nc2ccc(F)cc2)cc1. The van der Waals surface area contributed by atoms with Crippen LogP contribution in [0.5, 0.6) is 0 Å². The smallest absolute Gasteiger partial charge is 0.261 e. The van der Waals surface area contributed by atoms with Gasteiger partial charge >= 0.3 is 0 Å². The quantitative estimate of drug-likeness (QED) is 0.789. The van der Waals surface area contributed by atoms with E-state index in [0.29, 0.717) is 5.56 Å². The minimum absolute atomic E-state index is 0.0240. The summed E-state index contributed by atoms with van der Waals surface area (Å²) in [5, 5.41) is 2.90. The molecule has 0 aliphatic carbocycles. The summed E-state index contributed by atoms with van der Waals surface area (Å²) in [5.41, 5.74) is 0.657. The van der Waals surface area contributed by atoms with E-state index in [9.17, 15) is 17.6 Å². The molecule has 25 heavy (non-hydrogen) atoms. The molecule has 5 nitrogen and oxygen atoms in total. The fourth-order valence-electron chi connectivity index (χ4n) is 2.28. The lowest BCUT2D eigenvalue weighted by Gasteiger charge is -2.15. The van der Waals surface area contributed by atoms with Gasteiger partial charge in [-0.1, -0.05) is 13.8 Å². The molecule has 0 radical (unpaired) electrons. The van der Waals surface area contributed by atoms with Crippen LogP contribution >= 0.6 is 0 Å². The Labute approximate surface area is 147 Å². The first-order valence-electron chi connectivity index (χ1n) is 8.05. The summed E-state index contributed by atoms with van der Waals surface area (Å²) in [6.45, 7) is 3.98. The molecule has 0 spiro atoms. The molecule has 0 fully saturated rings. The average molecular weight is 364 g/mol. The van der Waals surface area contributed by atoms with Crippen LogP contribution in [0.4, 0.5) is 10.1 Å². The zero-order chi connectivity index (χ0) is 18.4. The van der Waals surface area contributed by atoms with Gasteiger partial charge in [0.25, 0.3) is 15.9 Å². The van der Waals surface area contributed by atoms with Crippen molar-refractivity contribution >= 4 is 21.6 Å². The maximum Gasteiger partial charge on any atom is 0.261 e. The number of anilines is 1. The summed E-state index contributed by atoms with van der Waals surface area (Å²) >= 11 is 0. The molecule has 134 valence electrons. The Morgan fingerprint density at radius 2 is 1.56 bits per heavy atom. The average Bonchev–Trinajstić information content (AvgIpc) is 2.61. The molecular weight excluding hydrogens is 343 g/mol. The zero-order valence-electron chi connectivity index (χ0n) is 14.1. The number of carbonyl (C=O) groups excluding carboxylic acids is 1. The molecule has 1 amide bonds. The molecular formula is C18H21FN2O3S. The van der Waals surface area contributed by atoms with E-state index in [4.69, 9.17) is 0 Å². The van der Waals surface area contributed by atoms with E-state index >= 15 is 0 Å². The van der Waals surface area contributed by atoms with Crippen LogP contribution in [0.15, 0.2) is 53.4 Å². The first kappa shape index (κ1) is 18.9. The molecule has 0 saturated heterocycles. The Hall–Kier alpha value is -2.41. The molecule has 2 aromatic carbocycles. The van der Waals surface area contributed by atoms with Gasteiger partial charge in [-0.25, -0.2) is 12.8 Å². The highest BCUT2D eigenvalue weighted by Crippen LogP contribution is 2.17. The van der Waals surface area contributed by atoms with Gasteiger partial charge in [0.1, 0.15) is 5.82 Å². The number of halogens is 1. The third-order valence-electron chi connectivity index (χ3n) is 3.84. The van der Waals surface area contributed by atoms with Crippen LogP contribution in [0.2, 0.25) is 0 Å². The van der Waals surface area contributed by atoms with Gasteiger partial charge in [-0.2, -0.15) is 0 Å². The Bertz CT molecular complexity index is 814. The highest BCUT2D eigenvalue weighted by atomic mass is 32.2. The van der Waals surface area contributed by atoms with Crippen LogP contribution in [0.25, 0.3) is 0 Å². The number of hydrogen-bond donors (Lipinski definition) is 2. The maximum atomic E-state index is 12.9. The van der Waals surface area contributed by atoms with Crippen molar-refractivity contribution < 1.29 is 17.6 Å². The third kappa shape index (κ3) is 5.03. The van der Waals surface area contributed by atoms with Gasteiger partial charge in [-0.05, 0) is 61.4 Å². The number of hydrogen-bond acceptors (Lipinski definition) is 3. The van der Waals surface area contributed by atoms with Gasteiger partial charge in [-0.3, -0.25) is 9.52 Å². The van der Waals surface area contributed by atoms with E-state index in [2.05, 4.69) is 10.0 Å². The van der Waals surface area contributed by atoms with Crippen LogP contribution in [0.1, 0.15) is 37.0 Å². The molecule has 0 saturated carbocycles. The van der Waals surface area contributed by atoms with E-state index < -0.39 is 15.8 Å². The van der Waals surface area contributed by atoms with Gasteiger partial charge < -0.3 is 5.32 Å². The van der Waals surface area contributed by atoms with Crippen molar-refractivity contribution in [3.8, 4) is 0 Å². The van der Waals surface area contributed by atoms with E-state index in [1.807, 2.05) is 13.8 Å². The molecule has 2 rings (SSSR count). The summed E-state index contributed by atoms with van der Waals surface area (Å²) in [6, 6.07) is 10.8. The Balaban J connectivity index is 2.12. The fraction of sp³-hybridized carbons (Fsp3) is 0.278. The lowest BCUT2D eigenvalue weighted by Crippen LogP contribution is -2.33. The molecule has 0 bridgehead atoms. The summed E-state index contributed by atoms with van der Waals surface area (Å²) in [4.78, 5) is 12.2. The highest BCUT2D eigenvalue weighted by Gasteiger charge is 2.16. The van der Waals surface area contributed by atoms with Crippen LogP contribution in [-0.2, 0) is 10.0 Å². The van der Waals surface area contributed by atoms with Crippen molar-refractivity contribution in [3.63, 3.8) is 0 Å². The first-order chi connectivity index (χ1) is 11.9. The topological polar surface area (TPSA) is 75.3 Å². The van der Waals surface area contributed by atoms with Gasteiger partial charge in [0.2, 0.25) is 0 Å². The van der Waals surface area contributed by atoms with Crippen molar-refractivity contribution in [2.24, 2.45) is 0 Å².